The van der Waals surface area contributed by atoms with Gasteiger partial charge in [0.05, 0.1) is 0 Å². The molecule has 0 aromatic heterocycles. The molecule has 1 amide bonds. The second-order valence-corrected chi connectivity index (χ2v) is 7.21. The lowest BCUT2D eigenvalue weighted by molar-refractivity contribution is -0.127. The van der Waals surface area contributed by atoms with E-state index >= 15 is 0 Å². The lowest BCUT2D eigenvalue weighted by atomic mass is 9.89. The van der Waals surface area contributed by atoms with Gasteiger partial charge in [0.1, 0.15) is 5.75 Å². The molecule has 0 saturated heterocycles. The van der Waals surface area contributed by atoms with Crippen LogP contribution in [-0.4, -0.2) is 18.6 Å². The Kier molecular flexibility index (Phi) is 6.49. The Morgan fingerprint density at radius 3 is 2.57 bits per heavy atom. The average molecular weight is 317 g/mol. The molecule has 1 aliphatic carbocycles. The molecule has 1 fully saturated rings. The van der Waals surface area contributed by atoms with Crippen LogP contribution in [0.2, 0.25) is 0 Å². The van der Waals surface area contributed by atoms with Crippen LogP contribution in [0.25, 0.3) is 0 Å². The topological polar surface area (TPSA) is 38.3 Å². The summed E-state index contributed by atoms with van der Waals surface area (Å²) in [7, 11) is 0. The quantitative estimate of drug-likeness (QED) is 0.834. The fourth-order valence-electron chi connectivity index (χ4n) is 3.24. The largest absolute Gasteiger partial charge is 0.481 e. The van der Waals surface area contributed by atoms with Gasteiger partial charge in [-0.05, 0) is 55.7 Å². The van der Waals surface area contributed by atoms with Crippen LogP contribution in [0, 0.1) is 12.8 Å². The molecule has 1 aromatic carbocycles. The SMILES string of the molecule is Cc1ccc(C(C)C)c(O[C@@H](C)C(=O)NCC2CCCCC2)c1. The molecule has 1 N–H and O–H groups in total. The standard InChI is InChI=1S/C20H31NO2/c1-14(2)18-11-10-15(3)12-19(18)23-16(4)20(22)21-13-17-8-6-5-7-9-17/h10-12,14,16-17H,5-9,13H2,1-4H3,(H,21,22)/t16-/m0/s1. The van der Waals surface area contributed by atoms with Crippen LogP contribution in [0.1, 0.15) is 69.9 Å². The van der Waals surface area contributed by atoms with Gasteiger partial charge >= 0.3 is 0 Å². The predicted molar refractivity (Wildman–Crippen MR) is 94.9 cm³/mol. The van der Waals surface area contributed by atoms with E-state index in [9.17, 15) is 4.79 Å². The number of carbonyl (C=O) groups excluding carboxylic acids is 1. The maximum atomic E-state index is 12.3. The van der Waals surface area contributed by atoms with Crippen molar-refractivity contribution in [2.45, 2.75) is 71.8 Å². The summed E-state index contributed by atoms with van der Waals surface area (Å²) in [6.45, 7) is 8.96. The number of hydrogen-bond donors (Lipinski definition) is 1. The Bertz CT molecular complexity index is 518. The summed E-state index contributed by atoms with van der Waals surface area (Å²) in [6, 6.07) is 6.22. The zero-order chi connectivity index (χ0) is 16.8. The van der Waals surface area contributed by atoms with E-state index < -0.39 is 6.10 Å². The second-order valence-electron chi connectivity index (χ2n) is 7.21. The van der Waals surface area contributed by atoms with E-state index in [0.29, 0.717) is 11.8 Å². The molecule has 3 nitrogen and oxygen atoms in total. The lowest BCUT2D eigenvalue weighted by Gasteiger charge is -2.23. The van der Waals surface area contributed by atoms with Crippen molar-refractivity contribution in [2.24, 2.45) is 5.92 Å². The highest BCUT2D eigenvalue weighted by Crippen LogP contribution is 2.28. The number of amides is 1. The van der Waals surface area contributed by atoms with Gasteiger partial charge in [0.15, 0.2) is 6.10 Å². The Hall–Kier alpha value is -1.51. The molecular weight excluding hydrogens is 286 g/mol. The van der Waals surface area contributed by atoms with E-state index in [0.717, 1.165) is 23.4 Å². The zero-order valence-electron chi connectivity index (χ0n) is 15.0. The molecule has 23 heavy (non-hydrogen) atoms. The zero-order valence-corrected chi connectivity index (χ0v) is 15.0. The first-order chi connectivity index (χ1) is 11.0. The van der Waals surface area contributed by atoms with Gasteiger partial charge in [-0.15, -0.1) is 0 Å². The van der Waals surface area contributed by atoms with Crippen molar-refractivity contribution < 1.29 is 9.53 Å². The fraction of sp³-hybridized carbons (Fsp3) is 0.650. The van der Waals surface area contributed by atoms with E-state index in [1.807, 2.05) is 19.9 Å². The normalized spacial score (nSPS) is 17.1. The first-order valence-corrected chi connectivity index (χ1v) is 9.02. The van der Waals surface area contributed by atoms with Crippen molar-refractivity contribution in [3.05, 3.63) is 29.3 Å². The molecule has 1 atom stereocenters. The van der Waals surface area contributed by atoms with Gasteiger partial charge in [0.2, 0.25) is 0 Å². The summed E-state index contributed by atoms with van der Waals surface area (Å²) in [4.78, 5) is 12.3. The van der Waals surface area contributed by atoms with Crippen molar-refractivity contribution in [1.82, 2.24) is 5.32 Å². The van der Waals surface area contributed by atoms with Crippen molar-refractivity contribution in [2.75, 3.05) is 6.54 Å². The summed E-state index contributed by atoms with van der Waals surface area (Å²) >= 11 is 0. The second kappa shape index (κ2) is 8.37. The van der Waals surface area contributed by atoms with Gasteiger partial charge in [0.25, 0.3) is 5.91 Å². The molecule has 0 radical (unpaired) electrons. The molecule has 0 bridgehead atoms. The van der Waals surface area contributed by atoms with Gasteiger partial charge in [-0.1, -0.05) is 45.2 Å². The van der Waals surface area contributed by atoms with Crippen LogP contribution in [0.3, 0.4) is 0 Å². The van der Waals surface area contributed by atoms with Gasteiger partial charge in [-0.2, -0.15) is 0 Å². The number of nitrogens with one attached hydrogen (secondary N) is 1. The third-order valence-corrected chi connectivity index (χ3v) is 4.75. The highest BCUT2D eigenvalue weighted by molar-refractivity contribution is 5.80. The molecule has 0 aliphatic heterocycles. The molecule has 128 valence electrons. The summed E-state index contributed by atoms with van der Waals surface area (Å²) in [5, 5.41) is 3.07. The molecule has 1 aliphatic rings. The summed E-state index contributed by atoms with van der Waals surface area (Å²) < 4.78 is 5.98. The summed E-state index contributed by atoms with van der Waals surface area (Å²) in [6.07, 6.45) is 5.96. The first-order valence-electron chi connectivity index (χ1n) is 9.02. The smallest absolute Gasteiger partial charge is 0.260 e. The Morgan fingerprint density at radius 1 is 1.22 bits per heavy atom. The molecule has 0 unspecified atom stereocenters. The molecule has 1 aromatic rings. The Labute approximate surface area is 140 Å². The van der Waals surface area contributed by atoms with Crippen molar-refractivity contribution in [3.63, 3.8) is 0 Å². The molecular formula is C20H31NO2. The lowest BCUT2D eigenvalue weighted by Crippen LogP contribution is -2.39. The van der Waals surface area contributed by atoms with E-state index in [4.69, 9.17) is 4.74 Å². The minimum atomic E-state index is -0.460. The van der Waals surface area contributed by atoms with E-state index in [1.54, 1.807) is 0 Å². The van der Waals surface area contributed by atoms with E-state index in [2.05, 4.69) is 31.3 Å². The third-order valence-electron chi connectivity index (χ3n) is 4.75. The van der Waals surface area contributed by atoms with E-state index in [1.165, 1.54) is 32.1 Å². The monoisotopic (exact) mass is 317 g/mol. The maximum Gasteiger partial charge on any atom is 0.260 e. The molecule has 3 heteroatoms. The van der Waals surface area contributed by atoms with Gasteiger partial charge < -0.3 is 10.1 Å². The van der Waals surface area contributed by atoms with Crippen molar-refractivity contribution in [1.29, 1.82) is 0 Å². The highest BCUT2D eigenvalue weighted by atomic mass is 16.5. The van der Waals surface area contributed by atoms with Crippen LogP contribution in [-0.2, 0) is 4.79 Å². The van der Waals surface area contributed by atoms with Crippen molar-refractivity contribution >= 4 is 5.91 Å². The van der Waals surface area contributed by atoms with Crippen LogP contribution >= 0.6 is 0 Å². The fourth-order valence-corrected chi connectivity index (χ4v) is 3.24. The molecule has 0 spiro atoms. The van der Waals surface area contributed by atoms with Gasteiger partial charge in [-0.3, -0.25) is 4.79 Å². The molecule has 1 saturated carbocycles. The maximum absolute atomic E-state index is 12.3. The molecule has 0 heterocycles. The minimum Gasteiger partial charge on any atom is -0.481 e. The van der Waals surface area contributed by atoms with Crippen LogP contribution in [0.5, 0.6) is 5.75 Å². The number of aryl methyl sites for hydroxylation is 1. The van der Waals surface area contributed by atoms with Crippen molar-refractivity contribution in [3.8, 4) is 5.75 Å². The number of benzene rings is 1. The first kappa shape index (κ1) is 17.8. The van der Waals surface area contributed by atoms with Crippen LogP contribution < -0.4 is 10.1 Å². The summed E-state index contributed by atoms with van der Waals surface area (Å²) in [5.41, 5.74) is 2.31. The van der Waals surface area contributed by atoms with E-state index in [-0.39, 0.29) is 5.91 Å². The summed E-state index contributed by atoms with van der Waals surface area (Å²) in [5.74, 6) is 1.85. The Morgan fingerprint density at radius 2 is 1.91 bits per heavy atom. The third kappa shape index (κ3) is 5.26. The Balaban J connectivity index is 1.91. The predicted octanol–water partition coefficient (Wildman–Crippen LogP) is 4.58. The number of carbonyl (C=O) groups is 1. The number of ether oxygens (including phenoxy) is 1. The van der Waals surface area contributed by atoms with Crippen LogP contribution in [0.15, 0.2) is 18.2 Å². The highest BCUT2D eigenvalue weighted by Gasteiger charge is 2.19. The van der Waals surface area contributed by atoms with Crippen LogP contribution in [0.4, 0.5) is 0 Å². The minimum absolute atomic E-state index is 0.00761. The number of rotatable bonds is 6. The molecule has 2 rings (SSSR count). The average Bonchev–Trinajstić information content (AvgIpc) is 2.53. The van der Waals surface area contributed by atoms with Gasteiger partial charge in [0, 0.05) is 6.54 Å². The van der Waals surface area contributed by atoms with Gasteiger partial charge in [-0.25, -0.2) is 0 Å². The number of hydrogen-bond acceptors (Lipinski definition) is 2.